The van der Waals surface area contributed by atoms with Crippen LogP contribution in [0.3, 0.4) is 0 Å². The lowest BCUT2D eigenvalue weighted by Crippen LogP contribution is -2.43. The Morgan fingerprint density at radius 3 is 2.72 bits per heavy atom. The van der Waals surface area contributed by atoms with Crippen molar-refractivity contribution in [2.24, 2.45) is 9.98 Å². The monoisotopic (exact) mass is 527 g/mol. The highest BCUT2D eigenvalue weighted by atomic mass is 16.3. The molecule has 7 heteroatoms. The van der Waals surface area contributed by atoms with Crippen molar-refractivity contribution in [1.82, 2.24) is 14.8 Å². The van der Waals surface area contributed by atoms with E-state index in [9.17, 15) is 9.90 Å². The summed E-state index contributed by atoms with van der Waals surface area (Å²) in [6, 6.07) is 7.14. The zero-order chi connectivity index (χ0) is 27.1. The molecule has 3 aliphatic heterocycles. The van der Waals surface area contributed by atoms with Gasteiger partial charge in [-0.05, 0) is 91.3 Å². The number of aromatic amines is 1. The number of rotatable bonds is 5. The normalized spacial score (nSPS) is 27.2. The molecule has 2 N–H and O–H groups in total. The molecule has 2 atom stereocenters. The molecule has 1 aromatic heterocycles. The first-order chi connectivity index (χ1) is 18.9. The fraction of sp³-hybridized carbons (Fsp3) is 0.531. The first-order valence-corrected chi connectivity index (χ1v) is 14.7. The van der Waals surface area contributed by atoms with Crippen LogP contribution in [0.1, 0.15) is 81.5 Å². The van der Waals surface area contributed by atoms with E-state index in [1.54, 1.807) is 6.34 Å². The molecular formula is C32H41N5O2. The number of amides is 1. The van der Waals surface area contributed by atoms with Gasteiger partial charge in [0.15, 0.2) is 0 Å². The predicted molar refractivity (Wildman–Crippen MR) is 159 cm³/mol. The molecule has 1 aromatic carbocycles. The molecule has 206 valence electrons. The van der Waals surface area contributed by atoms with E-state index in [0.29, 0.717) is 24.9 Å². The van der Waals surface area contributed by atoms with Crippen LogP contribution in [0.5, 0.6) is 0 Å². The number of allylic oxidation sites excluding steroid dienone is 3. The molecule has 0 saturated carbocycles. The minimum absolute atomic E-state index is 0.198. The maximum absolute atomic E-state index is 12.9. The van der Waals surface area contributed by atoms with Crippen LogP contribution in [-0.4, -0.2) is 82.7 Å². The molecule has 2 fully saturated rings. The number of aliphatic imine (C=N–C) groups is 2. The third kappa shape index (κ3) is 5.27. The number of hydrogen-bond acceptors (Lipinski definition) is 5. The van der Waals surface area contributed by atoms with Crippen LogP contribution in [0, 0.1) is 0 Å². The molecule has 4 aliphatic rings. The molecule has 0 radical (unpaired) electrons. The number of aliphatic hydroxyl groups excluding tert-OH is 1. The number of carbonyl (C=O) groups is 1. The summed E-state index contributed by atoms with van der Waals surface area (Å²) >= 11 is 0. The number of aliphatic hydroxyl groups is 1. The molecule has 0 bridgehead atoms. The standard InChI is InChI=1S/C32H41N5O2/c1-20(2)30-26-16-23(22-9-13-37(14-10-22)29(39)18-36-12-11-25(38)17-36)7-8-27(26)35-32(30)24-5-4-6-28-31(21(3)15-24)34-19-33-28/h5,7-8,15-16,19-20,22,25,28,35,38H,4,6,9-14,17-18H2,1-3H3/b21-15-,24-5+/t25-,28?/m1/s1. The molecule has 1 aliphatic carbocycles. The number of benzene rings is 1. The average molecular weight is 528 g/mol. The average Bonchev–Trinajstić information content (AvgIpc) is 3.64. The number of hydrogen-bond donors (Lipinski definition) is 2. The SMILES string of the molecule is C/C1=C/C(c2[nH]c3ccc(C4CCN(C(=O)CN5CC[C@@H](O)C5)CC4)cc3c2C(C)C)=C\CCC2N=CN=C12. The molecule has 4 heterocycles. The summed E-state index contributed by atoms with van der Waals surface area (Å²) in [6.45, 7) is 10.2. The molecule has 6 rings (SSSR count). The second-order valence-electron chi connectivity index (χ2n) is 12.1. The summed E-state index contributed by atoms with van der Waals surface area (Å²) in [7, 11) is 0. The van der Waals surface area contributed by atoms with Crippen molar-refractivity contribution < 1.29 is 9.90 Å². The van der Waals surface area contributed by atoms with E-state index in [1.807, 2.05) is 4.90 Å². The molecule has 0 spiro atoms. The van der Waals surface area contributed by atoms with E-state index in [4.69, 9.17) is 0 Å². The van der Waals surface area contributed by atoms with Gasteiger partial charge in [0.1, 0.15) is 6.34 Å². The Morgan fingerprint density at radius 1 is 1.15 bits per heavy atom. The third-order valence-corrected chi connectivity index (χ3v) is 8.99. The predicted octanol–water partition coefficient (Wildman–Crippen LogP) is 5.04. The molecule has 1 amide bonds. The Hall–Kier alpha value is -3.03. The zero-order valence-electron chi connectivity index (χ0n) is 23.5. The van der Waals surface area contributed by atoms with Crippen molar-refractivity contribution in [3.05, 3.63) is 52.7 Å². The Morgan fingerprint density at radius 2 is 1.97 bits per heavy atom. The maximum Gasteiger partial charge on any atom is 0.236 e. The number of nitrogens with one attached hydrogen (secondary N) is 1. The van der Waals surface area contributed by atoms with Gasteiger partial charge in [0, 0.05) is 42.8 Å². The highest BCUT2D eigenvalue weighted by Crippen LogP contribution is 2.38. The Labute approximate surface area is 231 Å². The van der Waals surface area contributed by atoms with Gasteiger partial charge in [-0.2, -0.15) is 0 Å². The molecule has 1 unspecified atom stereocenters. The van der Waals surface area contributed by atoms with E-state index in [1.165, 1.54) is 38.9 Å². The van der Waals surface area contributed by atoms with Gasteiger partial charge in [0.2, 0.25) is 5.91 Å². The van der Waals surface area contributed by atoms with E-state index in [0.717, 1.165) is 57.5 Å². The van der Waals surface area contributed by atoms with Crippen LogP contribution in [0.2, 0.25) is 0 Å². The number of likely N-dealkylation sites (tertiary alicyclic amines) is 2. The summed E-state index contributed by atoms with van der Waals surface area (Å²) in [4.78, 5) is 29.8. The number of H-pyrrole nitrogens is 1. The lowest BCUT2D eigenvalue weighted by molar-refractivity contribution is -0.133. The van der Waals surface area contributed by atoms with Crippen molar-refractivity contribution >= 4 is 34.4 Å². The summed E-state index contributed by atoms with van der Waals surface area (Å²) in [5.74, 6) is 1.05. The van der Waals surface area contributed by atoms with E-state index < -0.39 is 0 Å². The lowest BCUT2D eigenvalue weighted by atomic mass is 9.87. The second kappa shape index (κ2) is 10.9. The fourth-order valence-corrected chi connectivity index (χ4v) is 6.87. The number of piperidine rings is 1. The third-order valence-electron chi connectivity index (χ3n) is 8.99. The van der Waals surface area contributed by atoms with Gasteiger partial charge >= 0.3 is 0 Å². The summed E-state index contributed by atoms with van der Waals surface area (Å²) in [6.07, 6.45) is 10.8. The Kier molecular flexibility index (Phi) is 7.29. The van der Waals surface area contributed by atoms with Crippen LogP contribution >= 0.6 is 0 Å². The van der Waals surface area contributed by atoms with Gasteiger partial charge in [-0.25, -0.2) is 4.99 Å². The van der Waals surface area contributed by atoms with Crippen molar-refractivity contribution in [1.29, 1.82) is 0 Å². The molecular weight excluding hydrogens is 486 g/mol. The number of nitrogens with zero attached hydrogens (tertiary/aromatic N) is 4. The lowest BCUT2D eigenvalue weighted by Gasteiger charge is -2.33. The zero-order valence-corrected chi connectivity index (χ0v) is 23.5. The summed E-state index contributed by atoms with van der Waals surface area (Å²) in [5, 5.41) is 11.1. The summed E-state index contributed by atoms with van der Waals surface area (Å²) < 4.78 is 0. The van der Waals surface area contributed by atoms with Crippen LogP contribution in [0.25, 0.3) is 16.5 Å². The van der Waals surface area contributed by atoms with Gasteiger partial charge in [-0.1, -0.05) is 26.0 Å². The van der Waals surface area contributed by atoms with E-state index in [2.05, 4.69) is 71.0 Å². The van der Waals surface area contributed by atoms with Crippen LogP contribution in [0.15, 0.2) is 45.9 Å². The smallest absolute Gasteiger partial charge is 0.236 e. The fourth-order valence-electron chi connectivity index (χ4n) is 6.87. The molecule has 7 nitrogen and oxygen atoms in total. The second-order valence-corrected chi connectivity index (χ2v) is 12.1. The van der Waals surface area contributed by atoms with Gasteiger partial charge < -0.3 is 15.0 Å². The number of β-amino-alcohol motifs (C(OH)–C–C–N with tert-alkyl or cyclic N) is 1. The van der Waals surface area contributed by atoms with Crippen molar-refractivity contribution in [2.45, 2.75) is 76.9 Å². The van der Waals surface area contributed by atoms with E-state index >= 15 is 0 Å². The van der Waals surface area contributed by atoms with Gasteiger partial charge in [0.05, 0.1) is 24.4 Å². The van der Waals surface area contributed by atoms with Gasteiger partial charge in [0.25, 0.3) is 0 Å². The van der Waals surface area contributed by atoms with Gasteiger partial charge in [-0.3, -0.25) is 14.7 Å². The quantitative estimate of drug-likeness (QED) is 0.572. The van der Waals surface area contributed by atoms with Crippen molar-refractivity contribution in [3.8, 4) is 0 Å². The number of aromatic nitrogens is 1. The van der Waals surface area contributed by atoms with Gasteiger partial charge in [-0.15, -0.1) is 0 Å². The molecule has 2 aromatic rings. The van der Waals surface area contributed by atoms with Crippen LogP contribution in [-0.2, 0) is 4.79 Å². The number of fused-ring (bicyclic) bond motifs is 2. The van der Waals surface area contributed by atoms with Crippen LogP contribution < -0.4 is 0 Å². The Balaban J connectivity index is 1.21. The largest absolute Gasteiger partial charge is 0.392 e. The topological polar surface area (TPSA) is 84.3 Å². The highest BCUT2D eigenvalue weighted by Gasteiger charge is 2.28. The molecule has 39 heavy (non-hydrogen) atoms. The van der Waals surface area contributed by atoms with Crippen molar-refractivity contribution in [2.75, 3.05) is 32.7 Å². The first kappa shape index (κ1) is 26.2. The minimum atomic E-state index is -0.282. The Bertz CT molecular complexity index is 1370. The first-order valence-electron chi connectivity index (χ1n) is 14.7. The highest BCUT2D eigenvalue weighted by molar-refractivity contribution is 6.11. The maximum atomic E-state index is 12.9. The van der Waals surface area contributed by atoms with E-state index in [-0.39, 0.29) is 18.1 Å². The summed E-state index contributed by atoms with van der Waals surface area (Å²) in [5.41, 5.74) is 8.72. The molecule has 2 saturated heterocycles. The minimum Gasteiger partial charge on any atom is -0.392 e. The van der Waals surface area contributed by atoms with Crippen LogP contribution in [0.4, 0.5) is 0 Å². The van der Waals surface area contributed by atoms with Crippen molar-refractivity contribution in [3.63, 3.8) is 0 Å². The number of carbonyl (C=O) groups excluding carboxylic acids is 1.